The smallest absolute Gasteiger partial charge is 0.119 e. The molecule has 1 saturated heterocycles. The number of hydrogen-bond acceptors (Lipinski definition) is 3. The Hall–Kier alpha value is -1.84. The fourth-order valence-corrected chi connectivity index (χ4v) is 3.95. The molecule has 3 heteroatoms. The fraction of sp³-hybridized carbons (Fsp3) is 0.478. The zero-order chi connectivity index (χ0) is 17.9. The molecule has 2 aliphatic rings. The number of hydrogen-bond donors (Lipinski definition) is 0. The van der Waals surface area contributed by atoms with Crippen LogP contribution in [-0.4, -0.2) is 42.1 Å². The Morgan fingerprint density at radius 1 is 1.08 bits per heavy atom. The van der Waals surface area contributed by atoms with E-state index in [-0.39, 0.29) is 0 Å². The van der Waals surface area contributed by atoms with Gasteiger partial charge < -0.3 is 4.74 Å². The maximum Gasteiger partial charge on any atom is 0.119 e. The second-order valence-electron chi connectivity index (χ2n) is 8.19. The van der Waals surface area contributed by atoms with Crippen molar-refractivity contribution < 1.29 is 4.74 Å². The number of fused-ring (bicyclic) bond motifs is 1. The highest BCUT2D eigenvalue weighted by Crippen LogP contribution is 2.23. The van der Waals surface area contributed by atoms with E-state index in [2.05, 4.69) is 72.2 Å². The van der Waals surface area contributed by atoms with Crippen LogP contribution < -0.4 is 4.74 Å². The van der Waals surface area contributed by atoms with Crippen LogP contribution in [0.25, 0.3) is 0 Å². The van der Waals surface area contributed by atoms with E-state index in [1.165, 1.54) is 29.8 Å². The third-order valence-corrected chi connectivity index (χ3v) is 5.38. The Bertz CT molecular complexity index is 742. The van der Waals surface area contributed by atoms with Crippen LogP contribution in [0.15, 0.2) is 48.5 Å². The minimum atomic E-state index is 0.611. The quantitative estimate of drug-likeness (QED) is 0.703. The van der Waals surface area contributed by atoms with E-state index < -0.39 is 0 Å². The van der Waals surface area contributed by atoms with Crippen LogP contribution in [0.4, 0.5) is 0 Å². The SMILES string of the molecule is CC(C)CN1CC1COc1cccc(CN2CCc3ccccc3C2)c1. The molecule has 26 heavy (non-hydrogen) atoms. The molecule has 2 atom stereocenters. The first kappa shape index (κ1) is 17.6. The molecular weight excluding hydrogens is 320 g/mol. The normalized spacial score (nSPS) is 22.3. The lowest BCUT2D eigenvalue weighted by Gasteiger charge is -2.28. The van der Waals surface area contributed by atoms with Gasteiger partial charge in [-0.2, -0.15) is 0 Å². The molecule has 0 amide bonds. The van der Waals surface area contributed by atoms with Gasteiger partial charge in [0.05, 0.1) is 6.04 Å². The molecule has 2 aliphatic heterocycles. The Morgan fingerprint density at radius 3 is 2.77 bits per heavy atom. The summed E-state index contributed by atoms with van der Waals surface area (Å²) in [5, 5.41) is 0. The van der Waals surface area contributed by atoms with Crippen molar-refractivity contribution in [3.05, 3.63) is 65.2 Å². The van der Waals surface area contributed by atoms with Crippen LogP contribution in [0.3, 0.4) is 0 Å². The van der Waals surface area contributed by atoms with Crippen LogP contribution in [0, 0.1) is 5.92 Å². The monoisotopic (exact) mass is 350 g/mol. The van der Waals surface area contributed by atoms with E-state index in [0.29, 0.717) is 6.04 Å². The predicted octanol–water partition coefficient (Wildman–Crippen LogP) is 3.96. The summed E-state index contributed by atoms with van der Waals surface area (Å²) >= 11 is 0. The minimum absolute atomic E-state index is 0.611. The summed E-state index contributed by atoms with van der Waals surface area (Å²) in [6.07, 6.45) is 1.15. The van der Waals surface area contributed by atoms with Gasteiger partial charge in [-0.1, -0.05) is 50.2 Å². The first-order valence-electron chi connectivity index (χ1n) is 9.92. The Balaban J connectivity index is 1.30. The molecule has 0 radical (unpaired) electrons. The predicted molar refractivity (Wildman–Crippen MR) is 106 cm³/mol. The van der Waals surface area contributed by atoms with Crippen molar-refractivity contribution in [2.24, 2.45) is 5.92 Å². The fourth-order valence-electron chi connectivity index (χ4n) is 3.95. The second kappa shape index (κ2) is 7.81. The van der Waals surface area contributed by atoms with Crippen molar-refractivity contribution in [2.45, 2.75) is 39.4 Å². The first-order chi connectivity index (χ1) is 12.7. The molecule has 0 aliphatic carbocycles. The van der Waals surface area contributed by atoms with Crippen molar-refractivity contribution in [3.63, 3.8) is 0 Å². The van der Waals surface area contributed by atoms with Crippen molar-refractivity contribution in [1.29, 1.82) is 0 Å². The van der Waals surface area contributed by atoms with Crippen LogP contribution in [-0.2, 0) is 19.5 Å². The molecule has 1 fully saturated rings. The maximum atomic E-state index is 6.07. The molecule has 0 spiro atoms. The van der Waals surface area contributed by atoms with Gasteiger partial charge in [-0.25, -0.2) is 0 Å². The molecule has 4 rings (SSSR count). The Kier molecular flexibility index (Phi) is 5.28. The molecule has 2 heterocycles. The third kappa shape index (κ3) is 4.46. The molecule has 2 unspecified atom stereocenters. The summed E-state index contributed by atoms with van der Waals surface area (Å²) in [5.41, 5.74) is 4.33. The van der Waals surface area contributed by atoms with Crippen LogP contribution >= 0.6 is 0 Å². The van der Waals surface area contributed by atoms with E-state index in [0.717, 1.165) is 44.3 Å². The van der Waals surface area contributed by atoms with Gasteiger partial charge in [-0.05, 0) is 41.2 Å². The highest BCUT2D eigenvalue weighted by molar-refractivity contribution is 5.31. The summed E-state index contributed by atoms with van der Waals surface area (Å²) in [7, 11) is 0. The van der Waals surface area contributed by atoms with E-state index in [1.54, 1.807) is 0 Å². The van der Waals surface area contributed by atoms with Gasteiger partial charge in [-0.3, -0.25) is 9.80 Å². The van der Waals surface area contributed by atoms with Gasteiger partial charge in [-0.15, -0.1) is 0 Å². The van der Waals surface area contributed by atoms with E-state index in [9.17, 15) is 0 Å². The molecule has 0 aromatic heterocycles. The average molecular weight is 351 g/mol. The van der Waals surface area contributed by atoms with Crippen molar-refractivity contribution in [1.82, 2.24) is 9.80 Å². The molecule has 2 aromatic rings. The topological polar surface area (TPSA) is 15.5 Å². The Morgan fingerprint density at radius 2 is 1.92 bits per heavy atom. The molecular formula is C23H30N2O. The first-order valence-corrected chi connectivity index (χ1v) is 9.92. The van der Waals surface area contributed by atoms with E-state index in [4.69, 9.17) is 4.74 Å². The minimum Gasteiger partial charge on any atom is -0.492 e. The highest BCUT2D eigenvalue weighted by Gasteiger charge is 2.34. The Labute approximate surface area is 157 Å². The van der Waals surface area contributed by atoms with Gasteiger partial charge in [0.15, 0.2) is 0 Å². The summed E-state index contributed by atoms with van der Waals surface area (Å²) in [6, 6.07) is 18.1. The van der Waals surface area contributed by atoms with Crippen LogP contribution in [0.2, 0.25) is 0 Å². The highest BCUT2D eigenvalue weighted by atomic mass is 16.5. The number of ether oxygens (including phenoxy) is 1. The standard InChI is InChI=1S/C23H30N2O/c1-18(2)13-25-16-22(25)17-26-23-9-5-6-19(12-23)14-24-11-10-20-7-3-4-8-21(20)15-24/h3-9,12,18,22H,10-11,13-17H2,1-2H3. The third-order valence-electron chi connectivity index (χ3n) is 5.38. The van der Waals surface area contributed by atoms with Gasteiger partial charge in [0.2, 0.25) is 0 Å². The zero-order valence-electron chi connectivity index (χ0n) is 16.0. The summed E-state index contributed by atoms with van der Waals surface area (Å²) in [6.45, 7) is 10.9. The largest absolute Gasteiger partial charge is 0.492 e. The van der Waals surface area contributed by atoms with Crippen LogP contribution in [0.1, 0.15) is 30.5 Å². The van der Waals surface area contributed by atoms with Crippen LogP contribution in [0.5, 0.6) is 5.75 Å². The molecule has 0 saturated carbocycles. The van der Waals surface area contributed by atoms with E-state index in [1.807, 2.05) is 0 Å². The molecule has 138 valence electrons. The lowest BCUT2D eigenvalue weighted by atomic mass is 9.99. The average Bonchev–Trinajstić information content (AvgIpc) is 3.37. The van der Waals surface area contributed by atoms with Gasteiger partial charge in [0.25, 0.3) is 0 Å². The van der Waals surface area contributed by atoms with Crippen molar-refractivity contribution in [3.8, 4) is 5.75 Å². The lowest BCUT2D eigenvalue weighted by Crippen LogP contribution is -2.29. The lowest BCUT2D eigenvalue weighted by molar-refractivity contribution is 0.244. The van der Waals surface area contributed by atoms with Crippen molar-refractivity contribution in [2.75, 3.05) is 26.2 Å². The summed E-state index contributed by atoms with van der Waals surface area (Å²) < 4.78 is 6.07. The van der Waals surface area contributed by atoms with E-state index >= 15 is 0 Å². The number of nitrogens with zero attached hydrogens (tertiary/aromatic N) is 2. The van der Waals surface area contributed by atoms with Crippen molar-refractivity contribution >= 4 is 0 Å². The molecule has 0 bridgehead atoms. The summed E-state index contributed by atoms with van der Waals surface area (Å²) in [4.78, 5) is 5.03. The molecule has 0 N–H and O–H groups in total. The maximum absolute atomic E-state index is 6.07. The van der Waals surface area contributed by atoms with Gasteiger partial charge in [0.1, 0.15) is 12.4 Å². The molecule has 2 aromatic carbocycles. The molecule has 3 nitrogen and oxygen atoms in total. The number of benzene rings is 2. The zero-order valence-corrected chi connectivity index (χ0v) is 16.0. The number of rotatable bonds is 7. The summed E-state index contributed by atoms with van der Waals surface area (Å²) in [5.74, 6) is 1.74. The second-order valence-corrected chi connectivity index (χ2v) is 8.19. The van der Waals surface area contributed by atoms with Gasteiger partial charge >= 0.3 is 0 Å². The van der Waals surface area contributed by atoms with Gasteiger partial charge in [0, 0.05) is 32.7 Å².